The van der Waals surface area contributed by atoms with Gasteiger partial charge in [-0.05, 0) is 26.7 Å². The number of nitriles is 1. The van der Waals surface area contributed by atoms with Crippen LogP contribution in [0, 0.1) is 11.3 Å². The minimum absolute atomic E-state index is 0.292. The third-order valence-electron chi connectivity index (χ3n) is 4.30. The quantitative estimate of drug-likeness (QED) is 0.802. The fourth-order valence-electron chi connectivity index (χ4n) is 2.97. The van der Waals surface area contributed by atoms with Crippen LogP contribution in [0.3, 0.4) is 0 Å². The van der Waals surface area contributed by atoms with Crippen molar-refractivity contribution >= 4 is 17.4 Å². The van der Waals surface area contributed by atoms with Crippen molar-refractivity contribution < 1.29 is 9.53 Å². The summed E-state index contributed by atoms with van der Waals surface area (Å²) >= 11 is 0. The largest absolute Gasteiger partial charge is 0.461 e. The van der Waals surface area contributed by atoms with Crippen molar-refractivity contribution in [1.29, 1.82) is 5.26 Å². The number of fused-ring (bicyclic) bond motifs is 3. The van der Waals surface area contributed by atoms with E-state index in [9.17, 15) is 10.1 Å². The van der Waals surface area contributed by atoms with E-state index in [1.54, 1.807) is 11.4 Å². The summed E-state index contributed by atoms with van der Waals surface area (Å²) in [5.41, 5.74) is 1.92. The van der Waals surface area contributed by atoms with Crippen molar-refractivity contribution in [2.24, 2.45) is 0 Å². The maximum Gasteiger partial charge on any atom is 0.357 e. The average Bonchev–Trinajstić information content (AvgIpc) is 3.16. The van der Waals surface area contributed by atoms with Gasteiger partial charge < -0.3 is 9.64 Å². The standard InChI is InChI=1S/C16H19N5O2/c1-4-10(3)20-7-6-12-13(16(22)23-5-2)19-14-11(8-17)9-18-21(14)15(12)20/h9-10H,4-7H2,1-3H3. The molecule has 1 unspecified atom stereocenters. The van der Waals surface area contributed by atoms with Gasteiger partial charge >= 0.3 is 5.97 Å². The molecule has 23 heavy (non-hydrogen) atoms. The van der Waals surface area contributed by atoms with Crippen molar-refractivity contribution in [2.75, 3.05) is 18.1 Å². The van der Waals surface area contributed by atoms with Crippen LogP contribution in [0.5, 0.6) is 0 Å². The second-order valence-electron chi connectivity index (χ2n) is 5.59. The van der Waals surface area contributed by atoms with Crippen LogP contribution < -0.4 is 4.90 Å². The first kappa shape index (κ1) is 15.3. The maximum atomic E-state index is 12.3. The highest BCUT2D eigenvalue weighted by Crippen LogP contribution is 2.33. The van der Waals surface area contributed by atoms with E-state index < -0.39 is 5.97 Å². The summed E-state index contributed by atoms with van der Waals surface area (Å²) in [7, 11) is 0. The Hall–Kier alpha value is -2.62. The summed E-state index contributed by atoms with van der Waals surface area (Å²) in [6.45, 7) is 7.12. The Balaban J connectivity index is 2.27. The minimum Gasteiger partial charge on any atom is -0.461 e. The smallest absolute Gasteiger partial charge is 0.357 e. The van der Waals surface area contributed by atoms with Crippen LogP contribution in [0.25, 0.3) is 5.65 Å². The Bertz CT molecular complexity index is 805. The van der Waals surface area contributed by atoms with Gasteiger partial charge in [-0.1, -0.05) is 6.92 Å². The fraction of sp³-hybridized carbons (Fsp3) is 0.500. The van der Waals surface area contributed by atoms with Gasteiger partial charge in [-0.3, -0.25) is 0 Å². The zero-order valence-corrected chi connectivity index (χ0v) is 13.5. The predicted octanol–water partition coefficient (Wildman–Crippen LogP) is 1.94. The molecule has 0 saturated carbocycles. The van der Waals surface area contributed by atoms with E-state index in [2.05, 4.69) is 34.9 Å². The molecule has 0 amide bonds. The van der Waals surface area contributed by atoms with E-state index in [1.807, 2.05) is 0 Å². The van der Waals surface area contributed by atoms with Gasteiger partial charge in [0, 0.05) is 18.2 Å². The second-order valence-corrected chi connectivity index (χ2v) is 5.59. The Labute approximate surface area is 134 Å². The lowest BCUT2D eigenvalue weighted by atomic mass is 10.2. The summed E-state index contributed by atoms with van der Waals surface area (Å²) in [5.74, 6) is 0.413. The van der Waals surface area contributed by atoms with Gasteiger partial charge in [0.05, 0.1) is 12.8 Å². The lowest BCUT2D eigenvalue weighted by Gasteiger charge is -2.26. The SMILES string of the molecule is CCOC(=O)c1nc2c(C#N)cnn2c2c1CCN2C(C)CC. The summed E-state index contributed by atoms with van der Waals surface area (Å²) in [6.07, 6.45) is 3.19. The number of aromatic nitrogens is 3. The Morgan fingerprint density at radius 1 is 1.52 bits per heavy atom. The van der Waals surface area contributed by atoms with Crippen LogP contribution in [0.4, 0.5) is 5.82 Å². The molecule has 3 heterocycles. The van der Waals surface area contributed by atoms with E-state index >= 15 is 0 Å². The molecule has 0 radical (unpaired) electrons. The first-order valence-electron chi connectivity index (χ1n) is 7.86. The number of carbonyl (C=O) groups excluding carboxylic acids is 1. The maximum absolute atomic E-state index is 12.3. The molecule has 0 aliphatic carbocycles. The van der Waals surface area contributed by atoms with Crippen molar-refractivity contribution in [3.8, 4) is 6.07 Å². The first-order chi connectivity index (χ1) is 11.1. The van der Waals surface area contributed by atoms with Crippen LogP contribution in [-0.4, -0.2) is 39.8 Å². The molecule has 120 valence electrons. The van der Waals surface area contributed by atoms with Gasteiger partial charge in [-0.15, -0.1) is 0 Å². The fourth-order valence-corrected chi connectivity index (χ4v) is 2.97. The molecule has 1 aliphatic heterocycles. The van der Waals surface area contributed by atoms with Gasteiger partial charge in [0.15, 0.2) is 11.3 Å². The molecule has 0 aromatic carbocycles. The lowest BCUT2D eigenvalue weighted by molar-refractivity contribution is 0.0518. The highest BCUT2D eigenvalue weighted by molar-refractivity contribution is 5.92. The van der Waals surface area contributed by atoms with E-state index in [1.165, 1.54) is 6.20 Å². The van der Waals surface area contributed by atoms with Gasteiger partial charge in [-0.2, -0.15) is 14.9 Å². The average molecular weight is 313 g/mol. The van der Waals surface area contributed by atoms with E-state index in [0.29, 0.717) is 29.6 Å². The summed E-state index contributed by atoms with van der Waals surface area (Å²) in [5, 5.41) is 13.6. The summed E-state index contributed by atoms with van der Waals surface area (Å²) in [6, 6.07) is 2.39. The molecule has 1 aliphatic rings. The Morgan fingerprint density at radius 2 is 2.30 bits per heavy atom. The molecule has 0 saturated heterocycles. The Kier molecular flexibility index (Phi) is 3.90. The molecule has 7 nitrogen and oxygen atoms in total. The normalized spacial score (nSPS) is 14.6. The molecule has 0 fully saturated rings. The number of rotatable bonds is 4. The molecule has 0 N–H and O–H groups in total. The number of carbonyl (C=O) groups is 1. The van der Waals surface area contributed by atoms with Crippen LogP contribution in [0.15, 0.2) is 6.20 Å². The molecule has 0 spiro atoms. The molecule has 7 heteroatoms. The highest BCUT2D eigenvalue weighted by Gasteiger charge is 2.32. The highest BCUT2D eigenvalue weighted by atomic mass is 16.5. The van der Waals surface area contributed by atoms with Crippen molar-refractivity contribution in [3.63, 3.8) is 0 Å². The molecular formula is C16H19N5O2. The number of anilines is 1. The molecule has 0 bridgehead atoms. The zero-order valence-electron chi connectivity index (χ0n) is 13.5. The van der Waals surface area contributed by atoms with Crippen molar-refractivity contribution in [2.45, 2.75) is 39.7 Å². The van der Waals surface area contributed by atoms with Crippen LogP contribution in [0.2, 0.25) is 0 Å². The molecule has 1 atom stereocenters. The Morgan fingerprint density at radius 3 is 2.96 bits per heavy atom. The third-order valence-corrected chi connectivity index (χ3v) is 4.30. The number of ether oxygens (including phenoxy) is 1. The van der Waals surface area contributed by atoms with Crippen LogP contribution in [-0.2, 0) is 11.2 Å². The molecule has 2 aromatic rings. The van der Waals surface area contributed by atoms with Crippen LogP contribution in [0.1, 0.15) is 48.8 Å². The topological polar surface area (TPSA) is 83.5 Å². The van der Waals surface area contributed by atoms with Gasteiger partial charge in [0.1, 0.15) is 17.5 Å². The number of hydrogen-bond acceptors (Lipinski definition) is 6. The van der Waals surface area contributed by atoms with Gasteiger partial charge in [-0.25, -0.2) is 9.78 Å². The van der Waals surface area contributed by atoms with E-state index in [-0.39, 0.29) is 0 Å². The predicted molar refractivity (Wildman–Crippen MR) is 84.5 cm³/mol. The summed E-state index contributed by atoms with van der Waals surface area (Å²) < 4.78 is 6.82. The van der Waals surface area contributed by atoms with E-state index in [4.69, 9.17) is 4.74 Å². The summed E-state index contributed by atoms with van der Waals surface area (Å²) in [4.78, 5) is 18.9. The first-order valence-corrected chi connectivity index (χ1v) is 7.86. The van der Waals surface area contributed by atoms with Crippen LogP contribution >= 0.6 is 0 Å². The zero-order chi connectivity index (χ0) is 16.6. The molecular weight excluding hydrogens is 294 g/mol. The number of esters is 1. The molecule has 3 rings (SSSR count). The van der Waals surface area contributed by atoms with E-state index in [0.717, 1.165) is 30.8 Å². The molecule has 2 aromatic heterocycles. The third kappa shape index (κ3) is 2.31. The van der Waals surface area contributed by atoms with Crippen molar-refractivity contribution in [3.05, 3.63) is 23.0 Å². The van der Waals surface area contributed by atoms with Gasteiger partial charge in [0.25, 0.3) is 0 Å². The number of hydrogen-bond donors (Lipinski definition) is 0. The monoisotopic (exact) mass is 313 g/mol. The van der Waals surface area contributed by atoms with Crippen molar-refractivity contribution in [1.82, 2.24) is 14.6 Å². The second kappa shape index (κ2) is 5.88. The van der Waals surface area contributed by atoms with Gasteiger partial charge in [0.2, 0.25) is 0 Å². The number of nitrogens with zero attached hydrogens (tertiary/aromatic N) is 5. The lowest BCUT2D eigenvalue weighted by Crippen LogP contribution is -2.32. The minimum atomic E-state index is -0.442.